The zero-order valence-electron chi connectivity index (χ0n) is 14.9. The Morgan fingerprint density at radius 2 is 1.93 bits per heavy atom. The minimum absolute atomic E-state index is 0.0608. The number of H-pyrrole nitrogens is 1. The van der Waals surface area contributed by atoms with E-state index in [9.17, 15) is 9.59 Å². The first-order chi connectivity index (χ1) is 13.1. The molecule has 0 radical (unpaired) electrons. The molecule has 0 fully saturated rings. The highest BCUT2D eigenvalue weighted by Gasteiger charge is 2.16. The molecule has 0 saturated heterocycles. The van der Waals surface area contributed by atoms with Crippen LogP contribution >= 0.6 is 0 Å². The topological polar surface area (TPSA) is 106 Å². The number of para-hydroxylation sites is 1. The van der Waals surface area contributed by atoms with Gasteiger partial charge < -0.3 is 14.5 Å². The molecule has 0 aliphatic carbocycles. The summed E-state index contributed by atoms with van der Waals surface area (Å²) in [5.41, 5.74) is 3.41. The lowest BCUT2D eigenvalue weighted by molar-refractivity contribution is -0.134. The first-order valence-electron chi connectivity index (χ1n) is 8.26. The van der Waals surface area contributed by atoms with Gasteiger partial charge in [-0.25, -0.2) is 9.59 Å². The molecule has 0 saturated carbocycles. The van der Waals surface area contributed by atoms with Crippen LogP contribution in [0, 0.1) is 0 Å². The molecule has 138 valence electrons. The van der Waals surface area contributed by atoms with Crippen molar-refractivity contribution in [3.05, 3.63) is 64.6 Å². The zero-order valence-corrected chi connectivity index (χ0v) is 14.9. The van der Waals surface area contributed by atoms with Crippen molar-refractivity contribution in [1.29, 1.82) is 0 Å². The molecule has 0 atom stereocenters. The van der Waals surface area contributed by atoms with Crippen LogP contribution in [0.4, 0.5) is 5.82 Å². The monoisotopic (exact) mass is 366 g/mol. The van der Waals surface area contributed by atoms with Crippen molar-refractivity contribution in [2.45, 2.75) is 6.92 Å². The fraction of sp³-hybridized carbons (Fsp3) is 0.158. The first kappa shape index (κ1) is 18.1. The molecule has 27 heavy (non-hydrogen) atoms. The lowest BCUT2D eigenvalue weighted by atomic mass is 10.1. The highest BCUT2D eigenvalue weighted by Crippen LogP contribution is 2.18. The van der Waals surface area contributed by atoms with Crippen molar-refractivity contribution in [2.75, 3.05) is 19.1 Å². The van der Waals surface area contributed by atoms with Crippen LogP contribution in [0.1, 0.15) is 12.5 Å². The molecule has 3 rings (SSSR count). The second kappa shape index (κ2) is 8.13. The van der Waals surface area contributed by atoms with Gasteiger partial charge in [-0.2, -0.15) is 10.1 Å². The summed E-state index contributed by atoms with van der Waals surface area (Å²) in [5, 5.41) is 4.83. The van der Waals surface area contributed by atoms with Gasteiger partial charge in [-0.3, -0.25) is 5.43 Å². The minimum atomic E-state index is -0.593. The van der Waals surface area contributed by atoms with Gasteiger partial charge in [-0.1, -0.05) is 12.1 Å². The molecule has 0 aliphatic heterocycles. The van der Waals surface area contributed by atoms with E-state index in [0.717, 1.165) is 0 Å². The Kier molecular flexibility index (Phi) is 5.46. The van der Waals surface area contributed by atoms with Crippen molar-refractivity contribution in [2.24, 2.45) is 5.10 Å². The summed E-state index contributed by atoms with van der Waals surface area (Å²) in [5.74, 6) is 0.297. The number of fused-ring (bicyclic) bond motifs is 1. The van der Waals surface area contributed by atoms with Crippen LogP contribution in [0.25, 0.3) is 10.9 Å². The Morgan fingerprint density at radius 3 is 2.63 bits per heavy atom. The Bertz CT molecular complexity index is 1040. The number of carbonyl (C=O) groups is 1. The molecular formula is C19H18N4O4. The molecule has 0 unspecified atom stereocenters. The van der Waals surface area contributed by atoms with Crippen LogP contribution < -0.4 is 15.9 Å². The van der Waals surface area contributed by atoms with E-state index >= 15 is 0 Å². The number of hydrazone groups is 1. The third-order valence-electron chi connectivity index (χ3n) is 3.74. The van der Waals surface area contributed by atoms with Crippen molar-refractivity contribution in [1.82, 2.24) is 9.97 Å². The lowest BCUT2D eigenvalue weighted by Crippen LogP contribution is -2.21. The Balaban J connectivity index is 2.01. The van der Waals surface area contributed by atoms with Gasteiger partial charge in [0, 0.05) is 10.9 Å². The van der Waals surface area contributed by atoms with E-state index in [2.05, 4.69) is 20.5 Å². The highest BCUT2D eigenvalue weighted by atomic mass is 16.5. The number of hydrogen-bond acceptors (Lipinski definition) is 7. The predicted molar refractivity (Wildman–Crippen MR) is 102 cm³/mol. The number of nitrogens with zero attached hydrogens (tertiary/aromatic N) is 2. The van der Waals surface area contributed by atoms with E-state index in [1.165, 1.54) is 0 Å². The SMILES string of the molecule is CCOC(=O)C(=NNc1nc(=O)[nH]c2ccccc12)c1ccc(OC)cc1. The molecule has 2 N–H and O–H groups in total. The quantitative estimate of drug-likeness (QED) is 0.394. The van der Waals surface area contributed by atoms with Gasteiger partial charge in [0.25, 0.3) is 0 Å². The van der Waals surface area contributed by atoms with Crippen molar-refractivity contribution in [3.8, 4) is 5.75 Å². The van der Waals surface area contributed by atoms with E-state index < -0.39 is 11.7 Å². The average Bonchev–Trinajstić information content (AvgIpc) is 2.68. The van der Waals surface area contributed by atoms with Gasteiger partial charge in [0.1, 0.15) is 5.75 Å². The van der Waals surface area contributed by atoms with Crippen LogP contribution in [-0.2, 0) is 9.53 Å². The standard InChI is InChI=1S/C19H18N4O4/c1-3-27-18(24)16(12-8-10-13(26-2)11-9-12)22-23-17-14-6-4-5-7-15(14)20-19(25)21-17/h4-11H,3H2,1-2H3,(H2,20,21,23,25). The number of benzene rings is 2. The number of esters is 1. The molecule has 1 aromatic heterocycles. The van der Waals surface area contributed by atoms with Crippen molar-refractivity contribution in [3.63, 3.8) is 0 Å². The predicted octanol–water partition coefficient (Wildman–Crippen LogP) is 2.31. The molecule has 8 heteroatoms. The number of aromatic nitrogens is 2. The second-order valence-corrected chi connectivity index (χ2v) is 5.46. The maximum Gasteiger partial charge on any atom is 0.359 e. The van der Waals surface area contributed by atoms with Crippen molar-refractivity contribution >= 4 is 28.4 Å². The molecular weight excluding hydrogens is 348 g/mol. The van der Waals surface area contributed by atoms with Crippen LogP contribution in [0.5, 0.6) is 5.75 Å². The normalized spacial score (nSPS) is 11.3. The Labute approximate surface area is 154 Å². The molecule has 8 nitrogen and oxygen atoms in total. The number of anilines is 1. The summed E-state index contributed by atoms with van der Waals surface area (Å²) in [6, 6.07) is 14.0. The largest absolute Gasteiger partial charge is 0.497 e. The molecule has 2 aromatic carbocycles. The van der Waals surface area contributed by atoms with Gasteiger partial charge in [0.15, 0.2) is 11.5 Å². The van der Waals surface area contributed by atoms with Gasteiger partial charge in [-0.15, -0.1) is 0 Å². The maximum absolute atomic E-state index is 12.3. The van der Waals surface area contributed by atoms with Crippen LogP contribution in [-0.4, -0.2) is 35.4 Å². The number of methoxy groups -OCH3 is 1. The molecule has 3 aromatic rings. The van der Waals surface area contributed by atoms with Gasteiger partial charge in [0.05, 0.1) is 19.2 Å². The Morgan fingerprint density at radius 1 is 1.19 bits per heavy atom. The molecule has 0 aliphatic rings. The first-order valence-corrected chi connectivity index (χ1v) is 8.26. The summed E-state index contributed by atoms with van der Waals surface area (Å²) in [4.78, 5) is 30.6. The average molecular weight is 366 g/mol. The van der Waals surface area contributed by atoms with Gasteiger partial charge in [0.2, 0.25) is 0 Å². The number of aromatic amines is 1. The van der Waals surface area contributed by atoms with Crippen LogP contribution in [0.2, 0.25) is 0 Å². The smallest absolute Gasteiger partial charge is 0.359 e. The second-order valence-electron chi connectivity index (χ2n) is 5.46. The van der Waals surface area contributed by atoms with Gasteiger partial charge in [-0.05, 0) is 43.3 Å². The number of nitrogens with one attached hydrogen (secondary N) is 2. The highest BCUT2D eigenvalue weighted by molar-refractivity contribution is 6.43. The number of hydrogen-bond donors (Lipinski definition) is 2. The maximum atomic E-state index is 12.3. The fourth-order valence-electron chi connectivity index (χ4n) is 2.47. The third-order valence-corrected chi connectivity index (χ3v) is 3.74. The fourth-order valence-corrected chi connectivity index (χ4v) is 2.47. The van der Waals surface area contributed by atoms with Gasteiger partial charge >= 0.3 is 11.7 Å². The van der Waals surface area contributed by atoms with Crippen LogP contribution in [0.3, 0.4) is 0 Å². The van der Waals surface area contributed by atoms with Crippen LogP contribution in [0.15, 0.2) is 58.4 Å². The summed E-state index contributed by atoms with van der Waals surface area (Å²) >= 11 is 0. The number of carbonyl (C=O) groups excluding carboxylic acids is 1. The minimum Gasteiger partial charge on any atom is -0.497 e. The molecule has 0 bridgehead atoms. The molecule has 0 spiro atoms. The van der Waals surface area contributed by atoms with E-state index in [0.29, 0.717) is 22.2 Å². The van der Waals surface area contributed by atoms with E-state index in [1.807, 2.05) is 6.07 Å². The van der Waals surface area contributed by atoms with E-state index in [1.54, 1.807) is 56.5 Å². The third kappa shape index (κ3) is 4.12. The van der Waals surface area contributed by atoms with Crippen molar-refractivity contribution < 1.29 is 14.3 Å². The summed E-state index contributed by atoms with van der Waals surface area (Å²) in [6.45, 7) is 1.92. The van der Waals surface area contributed by atoms with E-state index in [-0.39, 0.29) is 18.1 Å². The molecule has 0 amide bonds. The summed E-state index contributed by atoms with van der Waals surface area (Å²) in [7, 11) is 1.56. The zero-order chi connectivity index (χ0) is 19.2. The van der Waals surface area contributed by atoms with E-state index in [4.69, 9.17) is 9.47 Å². The number of ether oxygens (including phenoxy) is 2. The summed E-state index contributed by atoms with van der Waals surface area (Å²) in [6.07, 6.45) is 0. The summed E-state index contributed by atoms with van der Waals surface area (Å²) < 4.78 is 10.2. The Hall–Kier alpha value is -3.68. The number of rotatable bonds is 6. The molecule has 1 heterocycles. The lowest BCUT2D eigenvalue weighted by Gasteiger charge is -2.09.